The van der Waals surface area contributed by atoms with Gasteiger partial charge in [0.25, 0.3) is 5.91 Å². The summed E-state index contributed by atoms with van der Waals surface area (Å²) in [4.78, 5) is 33.5. The van der Waals surface area contributed by atoms with E-state index in [4.69, 9.17) is 4.74 Å². The van der Waals surface area contributed by atoms with E-state index >= 15 is 0 Å². The van der Waals surface area contributed by atoms with Gasteiger partial charge in [-0.05, 0) is 77.8 Å². The van der Waals surface area contributed by atoms with Gasteiger partial charge in [-0.2, -0.15) is 0 Å². The van der Waals surface area contributed by atoms with Crippen LogP contribution in [0.15, 0.2) is 71.3 Å². The Morgan fingerprint density at radius 2 is 1.79 bits per heavy atom. The van der Waals surface area contributed by atoms with Crippen LogP contribution in [0.4, 0.5) is 17.3 Å². The molecule has 0 saturated heterocycles. The largest absolute Gasteiger partial charge is 0.462 e. The Hall–Kier alpha value is -3.78. The Labute approximate surface area is 199 Å². The molecule has 166 valence electrons. The van der Waals surface area contributed by atoms with Gasteiger partial charge in [0.1, 0.15) is 0 Å². The monoisotopic (exact) mass is 504 g/mol. The summed E-state index contributed by atoms with van der Waals surface area (Å²) < 4.78 is 5.86. The number of ether oxygens (including phenoxy) is 1. The second-order valence-electron chi connectivity index (χ2n) is 7.28. The molecule has 0 radical (unpaired) electrons. The number of hydrogen-bond acceptors (Lipinski definition) is 6. The number of nitrogens with one attached hydrogen (secondary N) is 2. The van der Waals surface area contributed by atoms with E-state index in [0.29, 0.717) is 29.4 Å². The molecule has 0 aliphatic heterocycles. The third-order valence-electron chi connectivity index (χ3n) is 4.96. The van der Waals surface area contributed by atoms with Crippen molar-refractivity contribution in [1.29, 1.82) is 0 Å². The van der Waals surface area contributed by atoms with E-state index in [2.05, 4.69) is 36.5 Å². The fourth-order valence-electron chi connectivity index (χ4n) is 3.21. The number of benzene rings is 3. The SMILES string of the molecule is CCOC(=O)c1ccc(C(=O)Nc2cc(Nc3ncc4cccc(Br)c4n3)ccc2C)cc1. The lowest BCUT2D eigenvalue weighted by atomic mass is 10.1. The van der Waals surface area contributed by atoms with Crippen LogP contribution < -0.4 is 10.6 Å². The highest BCUT2D eigenvalue weighted by molar-refractivity contribution is 9.10. The molecule has 8 heteroatoms. The van der Waals surface area contributed by atoms with Crippen LogP contribution in [-0.2, 0) is 4.74 Å². The summed E-state index contributed by atoms with van der Waals surface area (Å²) in [6.07, 6.45) is 1.76. The maximum atomic E-state index is 12.7. The second-order valence-corrected chi connectivity index (χ2v) is 8.13. The number of amides is 1. The molecule has 3 aromatic carbocycles. The number of fused-ring (bicyclic) bond motifs is 1. The van der Waals surface area contributed by atoms with E-state index in [1.165, 1.54) is 0 Å². The van der Waals surface area contributed by atoms with Gasteiger partial charge < -0.3 is 15.4 Å². The molecular formula is C25H21BrN4O3. The summed E-state index contributed by atoms with van der Waals surface area (Å²) in [6.45, 7) is 3.95. The summed E-state index contributed by atoms with van der Waals surface area (Å²) in [5.41, 5.74) is 3.93. The van der Waals surface area contributed by atoms with Gasteiger partial charge in [0.05, 0.1) is 17.7 Å². The first-order chi connectivity index (χ1) is 15.9. The minimum atomic E-state index is -0.415. The zero-order valence-corrected chi connectivity index (χ0v) is 19.6. The molecule has 0 fully saturated rings. The third kappa shape index (κ3) is 5.18. The molecule has 1 amide bonds. The smallest absolute Gasteiger partial charge is 0.338 e. The zero-order chi connectivity index (χ0) is 23.4. The van der Waals surface area contributed by atoms with Crippen molar-refractivity contribution in [2.24, 2.45) is 0 Å². The van der Waals surface area contributed by atoms with Crippen LogP contribution in [0.1, 0.15) is 33.2 Å². The molecule has 0 unspecified atom stereocenters. The van der Waals surface area contributed by atoms with Crippen LogP contribution in [0.25, 0.3) is 10.9 Å². The number of carbonyl (C=O) groups excluding carboxylic acids is 2. The van der Waals surface area contributed by atoms with Crippen molar-refractivity contribution in [2.45, 2.75) is 13.8 Å². The van der Waals surface area contributed by atoms with Gasteiger partial charge in [-0.15, -0.1) is 0 Å². The minimum absolute atomic E-state index is 0.281. The number of anilines is 3. The van der Waals surface area contributed by atoms with Crippen LogP contribution >= 0.6 is 15.9 Å². The highest BCUT2D eigenvalue weighted by Crippen LogP contribution is 2.26. The number of aromatic nitrogens is 2. The molecule has 7 nitrogen and oxygen atoms in total. The normalized spacial score (nSPS) is 10.6. The van der Waals surface area contributed by atoms with Gasteiger partial charge in [0, 0.05) is 33.0 Å². The van der Waals surface area contributed by atoms with E-state index < -0.39 is 5.97 Å². The van der Waals surface area contributed by atoms with Crippen LogP contribution in [0.2, 0.25) is 0 Å². The van der Waals surface area contributed by atoms with Crippen LogP contribution in [0.5, 0.6) is 0 Å². The number of halogens is 1. The molecular weight excluding hydrogens is 484 g/mol. The van der Waals surface area contributed by atoms with E-state index in [1.807, 2.05) is 43.3 Å². The van der Waals surface area contributed by atoms with Crippen molar-refractivity contribution < 1.29 is 14.3 Å². The number of para-hydroxylation sites is 1. The minimum Gasteiger partial charge on any atom is -0.462 e. The Morgan fingerprint density at radius 1 is 1.03 bits per heavy atom. The third-order valence-corrected chi connectivity index (χ3v) is 5.60. The summed E-state index contributed by atoms with van der Waals surface area (Å²) in [5, 5.41) is 7.04. The first kappa shape index (κ1) is 22.4. The Kier molecular flexibility index (Phi) is 6.65. The average molecular weight is 505 g/mol. The fourth-order valence-corrected chi connectivity index (χ4v) is 3.68. The molecule has 4 aromatic rings. The standard InChI is InChI=1S/C25H21BrN4O3/c1-3-33-24(32)17-10-8-16(9-11-17)23(31)29-21-13-19(12-7-15(21)2)28-25-27-14-18-5-4-6-20(26)22(18)30-25/h4-14H,3H2,1-2H3,(H,29,31)(H,27,28,30). The lowest BCUT2D eigenvalue weighted by Gasteiger charge is -2.12. The summed E-state index contributed by atoms with van der Waals surface area (Å²) in [7, 11) is 0. The second kappa shape index (κ2) is 9.79. The van der Waals surface area contributed by atoms with Crippen LogP contribution in [-0.4, -0.2) is 28.5 Å². The topological polar surface area (TPSA) is 93.2 Å². The fraction of sp³-hybridized carbons (Fsp3) is 0.120. The quantitative estimate of drug-likeness (QED) is 0.318. The van der Waals surface area contributed by atoms with Crippen molar-refractivity contribution in [3.8, 4) is 0 Å². The molecule has 2 N–H and O–H groups in total. The molecule has 33 heavy (non-hydrogen) atoms. The van der Waals surface area contributed by atoms with E-state index in [-0.39, 0.29) is 5.91 Å². The maximum absolute atomic E-state index is 12.7. The van der Waals surface area contributed by atoms with Crippen molar-refractivity contribution in [1.82, 2.24) is 9.97 Å². The Morgan fingerprint density at radius 3 is 2.55 bits per heavy atom. The summed E-state index contributed by atoms with van der Waals surface area (Å²) >= 11 is 3.52. The van der Waals surface area contributed by atoms with E-state index in [9.17, 15) is 9.59 Å². The lowest BCUT2D eigenvalue weighted by molar-refractivity contribution is 0.0526. The number of rotatable bonds is 6. The van der Waals surface area contributed by atoms with Crippen molar-refractivity contribution >= 4 is 56.0 Å². The zero-order valence-electron chi connectivity index (χ0n) is 18.1. The molecule has 4 rings (SSSR count). The van der Waals surface area contributed by atoms with Gasteiger partial charge in [-0.1, -0.05) is 18.2 Å². The number of nitrogens with zero attached hydrogens (tertiary/aromatic N) is 2. The number of esters is 1. The Balaban J connectivity index is 1.51. The molecule has 0 aliphatic carbocycles. The Bertz CT molecular complexity index is 1340. The molecule has 0 saturated carbocycles. The lowest BCUT2D eigenvalue weighted by Crippen LogP contribution is -2.13. The van der Waals surface area contributed by atoms with Gasteiger partial charge in [0.2, 0.25) is 5.95 Å². The van der Waals surface area contributed by atoms with Gasteiger partial charge in [0.15, 0.2) is 0 Å². The first-order valence-corrected chi connectivity index (χ1v) is 11.1. The molecule has 1 heterocycles. The number of carbonyl (C=O) groups is 2. The predicted molar refractivity (Wildman–Crippen MR) is 132 cm³/mol. The van der Waals surface area contributed by atoms with Gasteiger partial charge in [-0.25, -0.2) is 14.8 Å². The van der Waals surface area contributed by atoms with Crippen molar-refractivity contribution in [3.63, 3.8) is 0 Å². The van der Waals surface area contributed by atoms with Gasteiger partial charge >= 0.3 is 5.97 Å². The number of aryl methyl sites for hydroxylation is 1. The molecule has 1 aromatic heterocycles. The molecule has 0 aliphatic rings. The van der Waals surface area contributed by atoms with Crippen molar-refractivity contribution in [2.75, 3.05) is 17.2 Å². The molecule has 0 atom stereocenters. The van der Waals surface area contributed by atoms with Crippen LogP contribution in [0, 0.1) is 6.92 Å². The summed E-state index contributed by atoms with van der Waals surface area (Å²) in [6, 6.07) is 17.8. The number of hydrogen-bond donors (Lipinski definition) is 2. The van der Waals surface area contributed by atoms with E-state index in [0.717, 1.165) is 26.6 Å². The highest BCUT2D eigenvalue weighted by Gasteiger charge is 2.12. The van der Waals surface area contributed by atoms with Gasteiger partial charge in [-0.3, -0.25) is 4.79 Å². The molecule has 0 spiro atoms. The first-order valence-electron chi connectivity index (χ1n) is 10.3. The maximum Gasteiger partial charge on any atom is 0.338 e. The highest BCUT2D eigenvalue weighted by atomic mass is 79.9. The average Bonchev–Trinajstić information content (AvgIpc) is 2.82. The predicted octanol–water partition coefficient (Wildman–Crippen LogP) is 5.87. The molecule has 0 bridgehead atoms. The van der Waals surface area contributed by atoms with Crippen LogP contribution in [0.3, 0.4) is 0 Å². The van der Waals surface area contributed by atoms with Crippen molar-refractivity contribution in [3.05, 3.63) is 88.0 Å². The summed E-state index contributed by atoms with van der Waals surface area (Å²) in [5.74, 6) is -0.247. The van der Waals surface area contributed by atoms with E-state index in [1.54, 1.807) is 37.4 Å².